The monoisotopic (exact) mass is 362 g/mol. The molecule has 3 rings (SSSR count). The molecule has 0 aliphatic heterocycles. The highest BCUT2D eigenvalue weighted by Gasteiger charge is 2.16. The van der Waals surface area contributed by atoms with Crippen LogP contribution in [0.15, 0.2) is 59.8 Å². The summed E-state index contributed by atoms with van der Waals surface area (Å²) in [6, 6.07) is 13.9. The lowest BCUT2D eigenvalue weighted by molar-refractivity contribution is 0.600. The SMILES string of the molecule is Cc1ccc(Cn2cnc(NS(=O)(=O)c3ccc(Cl)cc3)n2)cc1. The molecule has 0 spiro atoms. The number of aromatic nitrogens is 3. The standard InChI is InChI=1S/C16H15ClN4O2S/c1-12-2-4-13(5-3-12)10-21-11-18-16(19-21)20-24(22,23)15-8-6-14(17)7-9-15/h2-9,11H,10H2,1H3,(H,19,20). The number of halogens is 1. The van der Waals surface area contributed by atoms with Gasteiger partial charge in [0.2, 0.25) is 0 Å². The Bertz CT molecular complexity index is 935. The lowest BCUT2D eigenvalue weighted by Crippen LogP contribution is -2.14. The number of anilines is 1. The Hall–Kier alpha value is -2.38. The predicted molar refractivity (Wildman–Crippen MR) is 92.6 cm³/mol. The smallest absolute Gasteiger partial charge is 0.246 e. The first-order valence-electron chi connectivity index (χ1n) is 7.16. The minimum atomic E-state index is -3.74. The fourth-order valence-electron chi connectivity index (χ4n) is 2.09. The number of sulfonamides is 1. The van der Waals surface area contributed by atoms with Crippen molar-refractivity contribution in [3.05, 3.63) is 71.0 Å². The summed E-state index contributed by atoms with van der Waals surface area (Å²) >= 11 is 5.77. The van der Waals surface area contributed by atoms with Crippen molar-refractivity contribution >= 4 is 27.6 Å². The topological polar surface area (TPSA) is 76.9 Å². The van der Waals surface area contributed by atoms with Gasteiger partial charge in [0.25, 0.3) is 16.0 Å². The quantitative estimate of drug-likeness (QED) is 0.756. The van der Waals surface area contributed by atoms with Gasteiger partial charge in [0.15, 0.2) is 0 Å². The van der Waals surface area contributed by atoms with Crippen LogP contribution in [0.3, 0.4) is 0 Å². The van der Waals surface area contributed by atoms with Gasteiger partial charge in [-0.15, -0.1) is 5.10 Å². The third-order valence-electron chi connectivity index (χ3n) is 3.35. The highest BCUT2D eigenvalue weighted by atomic mass is 35.5. The molecule has 0 saturated heterocycles. The van der Waals surface area contributed by atoms with E-state index >= 15 is 0 Å². The molecule has 0 bridgehead atoms. The van der Waals surface area contributed by atoms with Gasteiger partial charge < -0.3 is 0 Å². The number of aryl methyl sites for hydroxylation is 1. The van der Waals surface area contributed by atoms with Gasteiger partial charge >= 0.3 is 0 Å². The van der Waals surface area contributed by atoms with E-state index in [0.29, 0.717) is 11.6 Å². The highest BCUT2D eigenvalue weighted by Crippen LogP contribution is 2.16. The van der Waals surface area contributed by atoms with Crippen molar-refractivity contribution < 1.29 is 8.42 Å². The lowest BCUT2D eigenvalue weighted by Gasteiger charge is -2.04. The van der Waals surface area contributed by atoms with Crippen molar-refractivity contribution in [2.45, 2.75) is 18.4 Å². The molecule has 6 nitrogen and oxygen atoms in total. The number of nitrogens with one attached hydrogen (secondary N) is 1. The molecule has 1 heterocycles. The summed E-state index contributed by atoms with van der Waals surface area (Å²) in [5, 5.41) is 4.61. The Morgan fingerprint density at radius 1 is 1.08 bits per heavy atom. The largest absolute Gasteiger partial charge is 0.264 e. The maximum atomic E-state index is 12.3. The van der Waals surface area contributed by atoms with E-state index in [-0.39, 0.29) is 10.8 Å². The van der Waals surface area contributed by atoms with Crippen LogP contribution in [0.1, 0.15) is 11.1 Å². The number of benzene rings is 2. The predicted octanol–water partition coefficient (Wildman–Crippen LogP) is 3.09. The summed E-state index contributed by atoms with van der Waals surface area (Å²) in [5.41, 5.74) is 2.23. The van der Waals surface area contributed by atoms with E-state index in [0.717, 1.165) is 5.56 Å². The molecule has 124 valence electrons. The Kier molecular flexibility index (Phi) is 4.55. The van der Waals surface area contributed by atoms with Crippen molar-refractivity contribution in [2.24, 2.45) is 0 Å². The summed E-state index contributed by atoms with van der Waals surface area (Å²) < 4.78 is 28.5. The van der Waals surface area contributed by atoms with E-state index in [2.05, 4.69) is 14.8 Å². The fourth-order valence-corrected chi connectivity index (χ4v) is 3.16. The molecule has 24 heavy (non-hydrogen) atoms. The van der Waals surface area contributed by atoms with Gasteiger partial charge in [-0.1, -0.05) is 41.4 Å². The van der Waals surface area contributed by atoms with Crippen molar-refractivity contribution in [2.75, 3.05) is 4.72 Å². The molecule has 1 N–H and O–H groups in total. The van der Waals surface area contributed by atoms with E-state index in [1.54, 1.807) is 4.68 Å². The number of nitrogens with zero attached hydrogens (tertiary/aromatic N) is 3. The Morgan fingerprint density at radius 2 is 1.75 bits per heavy atom. The minimum Gasteiger partial charge on any atom is -0.246 e. The molecule has 8 heteroatoms. The van der Waals surface area contributed by atoms with Gasteiger partial charge in [-0.25, -0.2) is 17.8 Å². The van der Waals surface area contributed by atoms with Gasteiger partial charge in [-0.3, -0.25) is 0 Å². The number of hydrogen-bond donors (Lipinski definition) is 1. The van der Waals surface area contributed by atoms with Gasteiger partial charge in [0.1, 0.15) is 6.33 Å². The third-order valence-corrected chi connectivity index (χ3v) is 4.95. The van der Waals surface area contributed by atoms with E-state index in [1.165, 1.54) is 36.2 Å². The molecule has 0 fully saturated rings. The van der Waals surface area contributed by atoms with Gasteiger partial charge in [0.05, 0.1) is 11.4 Å². The minimum absolute atomic E-state index is 0.0251. The average molecular weight is 363 g/mol. The lowest BCUT2D eigenvalue weighted by atomic mass is 10.1. The molecule has 0 unspecified atom stereocenters. The molecule has 3 aromatic rings. The second-order valence-corrected chi connectivity index (χ2v) is 7.43. The van der Waals surface area contributed by atoms with Crippen molar-refractivity contribution in [3.8, 4) is 0 Å². The number of hydrogen-bond acceptors (Lipinski definition) is 4. The first-order chi connectivity index (χ1) is 11.4. The summed E-state index contributed by atoms with van der Waals surface area (Å²) in [6.07, 6.45) is 1.49. The molecular formula is C16H15ClN4O2S. The van der Waals surface area contributed by atoms with Crippen LogP contribution in [-0.2, 0) is 16.6 Å². The molecule has 2 aromatic carbocycles. The van der Waals surface area contributed by atoms with Crippen LogP contribution in [-0.4, -0.2) is 23.2 Å². The average Bonchev–Trinajstić information content (AvgIpc) is 2.96. The van der Waals surface area contributed by atoms with Gasteiger partial charge in [0, 0.05) is 5.02 Å². The first-order valence-corrected chi connectivity index (χ1v) is 9.02. The molecule has 1 aromatic heterocycles. The zero-order chi connectivity index (χ0) is 17.2. The second kappa shape index (κ2) is 6.62. The highest BCUT2D eigenvalue weighted by molar-refractivity contribution is 7.92. The Labute approximate surface area is 145 Å². The molecular weight excluding hydrogens is 348 g/mol. The van der Waals surface area contributed by atoms with Crippen molar-refractivity contribution in [1.82, 2.24) is 14.8 Å². The zero-order valence-electron chi connectivity index (χ0n) is 12.8. The second-order valence-electron chi connectivity index (χ2n) is 5.31. The molecule has 0 radical (unpaired) electrons. The van der Waals surface area contributed by atoms with Crippen LogP contribution in [0.25, 0.3) is 0 Å². The van der Waals surface area contributed by atoms with Crippen LogP contribution < -0.4 is 4.72 Å². The summed E-state index contributed by atoms with van der Waals surface area (Å²) in [4.78, 5) is 4.09. The maximum Gasteiger partial charge on any atom is 0.264 e. The van der Waals surface area contributed by atoms with E-state index in [4.69, 9.17) is 11.6 Å². The van der Waals surface area contributed by atoms with Crippen LogP contribution in [0, 0.1) is 6.92 Å². The Morgan fingerprint density at radius 3 is 2.42 bits per heavy atom. The number of rotatable bonds is 5. The van der Waals surface area contributed by atoms with E-state index < -0.39 is 10.0 Å². The van der Waals surface area contributed by atoms with Gasteiger partial charge in [-0.2, -0.15) is 4.98 Å². The summed E-state index contributed by atoms with van der Waals surface area (Å²) in [7, 11) is -3.74. The third kappa shape index (κ3) is 3.93. The van der Waals surface area contributed by atoms with Crippen molar-refractivity contribution in [3.63, 3.8) is 0 Å². The van der Waals surface area contributed by atoms with Crippen LogP contribution in [0.2, 0.25) is 5.02 Å². The van der Waals surface area contributed by atoms with Crippen molar-refractivity contribution in [1.29, 1.82) is 0 Å². The normalized spacial score (nSPS) is 11.4. The van der Waals surface area contributed by atoms with Crippen LogP contribution in [0.5, 0.6) is 0 Å². The fraction of sp³-hybridized carbons (Fsp3) is 0.125. The van der Waals surface area contributed by atoms with Crippen LogP contribution in [0.4, 0.5) is 5.95 Å². The summed E-state index contributed by atoms with van der Waals surface area (Å²) in [5.74, 6) is 0.0251. The van der Waals surface area contributed by atoms with E-state index in [9.17, 15) is 8.42 Å². The van der Waals surface area contributed by atoms with Crippen LogP contribution >= 0.6 is 11.6 Å². The first kappa shape index (κ1) is 16.5. The molecule has 0 saturated carbocycles. The zero-order valence-corrected chi connectivity index (χ0v) is 14.4. The maximum absolute atomic E-state index is 12.3. The van der Waals surface area contributed by atoms with Gasteiger partial charge in [-0.05, 0) is 36.8 Å². The molecule has 0 aliphatic rings. The molecule has 0 atom stereocenters. The molecule has 0 aliphatic carbocycles. The van der Waals surface area contributed by atoms with E-state index in [1.807, 2.05) is 31.2 Å². The summed E-state index contributed by atoms with van der Waals surface area (Å²) in [6.45, 7) is 2.53. The molecule has 0 amide bonds. The Balaban J connectivity index is 1.73.